The van der Waals surface area contributed by atoms with Crippen LogP contribution in [0, 0.1) is 0 Å². The van der Waals surface area contributed by atoms with Crippen molar-refractivity contribution in [2.45, 2.75) is 0 Å². The first-order chi connectivity index (χ1) is 5.47. The molecule has 0 aliphatic carbocycles. The predicted molar refractivity (Wildman–Crippen MR) is 52.0 cm³/mol. The maximum atomic E-state index is 4.80. The Morgan fingerprint density at radius 3 is 2.54 bits per heavy atom. The lowest BCUT2D eigenvalue weighted by molar-refractivity contribution is 0.402. The molecule has 0 aromatic carbocycles. The van der Waals surface area contributed by atoms with Crippen molar-refractivity contribution < 1.29 is 4.52 Å². The second-order valence-electron chi connectivity index (χ2n) is 2.00. The molecule has 2 aromatic heterocycles. The molecule has 2 heterocycles. The summed E-state index contributed by atoms with van der Waals surface area (Å²) >= 11 is 0. The number of aromatic nitrogens is 3. The number of rotatable bonds is 1. The molecule has 70 valence electrons. The summed E-state index contributed by atoms with van der Waals surface area (Å²) in [5.74, 6) is 0.589. The van der Waals surface area contributed by atoms with Gasteiger partial charge in [-0.3, -0.25) is 4.98 Å². The van der Waals surface area contributed by atoms with Gasteiger partial charge in [-0.05, 0) is 12.1 Å². The Balaban J connectivity index is 0.000000720. The third kappa shape index (κ3) is 2.68. The number of hydrogen-bond acceptors (Lipinski definition) is 4. The van der Waals surface area contributed by atoms with Gasteiger partial charge in [0.05, 0.1) is 0 Å². The number of nitrogens with zero attached hydrogens (tertiary/aromatic N) is 3. The number of hydrogen-bond donors (Lipinski definition) is 0. The SMILES string of the molecule is Cl.Cl.c1ccc(-c2cnno2)nc1. The summed E-state index contributed by atoms with van der Waals surface area (Å²) in [5.41, 5.74) is 0.748. The van der Waals surface area contributed by atoms with Gasteiger partial charge in [0.2, 0.25) is 5.76 Å². The van der Waals surface area contributed by atoms with Crippen molar-refractivity contribution in [3.8, 4) is 11.5 Å². The number of halogens is 2. The largest absolute Gasteiger partial charge is 0.335 e. The van der Waals surface area contributed by atoms with Gasteiger partial charge in [-0.1, -0.05) is 6.07 Å². The first-order valence-electron chi connectivity index (χ1n) is 3.15. The molecule has 0 saturated heterocycles. The van der Waals surface area contributed by atoms with Crippen LogP contribution in [-0.4, -0.2) is 15.4 Å². The minimum atomic E-state index is 0. The van der Waals surface area contributed by atoms with Gasteiger partial charge in [-0.25, -0.2) is 0 Å². The summed E-state index contributed by atoms with van der Waals surface area (Å²) in [6.45, 7) is 0. The third-order valence-electron chi connectivity index (χ3n) is 1.28. The van der Waals surface area contributed by atoms with Crippen LogP contribution >= 0.6 is 24.8 Å². The zero-order chi connectivity index (χ0) is 7.52. The molecule has 6 heteroatoms. The maximum absolute atomic E-state index is 4.80. The second-order valence-corrected chi connectivity index (χ2v) is 2.00. The molecule has 4 nitrogen and oxygen atoms in total. The third-order valence-corrected chi connectivity index (χ3v) is 1.28. The van der Waals surface area contributed by atoms with Gasteiger partial charge in [0.15, 0.2) is 0 Å². The van der Waals surface area contributed by atoms with Crippen LogP contribution in [0.2, 0.25) is 0 Å². The summed E-state index contributed by atoms with van der Waals surface area (Å²) < 4.78 is 4.80. The molecule has 2 rings (SSSR count). The van der Waals surface area contributed by atoms with Crippen LogP contribution in [0.5, 0.6) is 0 Å². The molecular formula is C7H7Cl2N3O. The fourth-order valence-corrected chi connectivity index (χ4v) is 0.789. The average molecular weight is 220 g/mol. The van der Waals surface area contributed by atoms with Crippen LogP contribution in [0.4, 0.5) is 0 Å². The monoisotopic (exact) mass is 219 g/mol. The average Bonchev–Trinajstić information content (AvgIpc) is 2.58. The molecule has 0 aliphatic rings. The van der Waals surface area contributed by atoms with Gasteiger partial charge in [0.1, 0.15) is 11.9 Å². The first-order valence-corrected chi connectivity index (χ1v) is 3.15. The van der Waals surface area contributed by atoms with Gasteiger partial charge >= 0.3 is 0 Å². The fraction of sp³-hybridized carbons (Fsp3) is 0. The lowest BCUT2D eigenvalue weighted by Crippen LogP contribution is -1.76. The minimum Gasteiger partial charge on any atom is -0.335 e. The van der Waals surface area contributed by atoms with Gasteiger partial charge in [-0.15, -0.1) is 29.9 Å². The Kier molecular flexibility index (Phi) is 5.03. The molecule has 0 saturated carbocycles. The molecule has 0 fully saturated rings. The van der Waals surface area contributed by atoms with Crippen molar-refractivity contribution in [1.29, 1.82) is 0 Å². The molecule has 0 amide bonds. The highest BCUT2D eigenvalue weighted by Crippen LogP contribution is 2.12. The molecule has 13 heavy (non-hydrogen) atoms. The summed E-state index contributed by atoms with van der Waals surface area (Å²) in [5, 5.41) is 6.88. The smallest absolute Gasteiger partial charge is 0.205 e. The van der Waals surface area contributed by atoms with Crippen molar-refractivity contribution in [3.63, 3.8) is 0 Å². The predicted octanol–water partition coefficient (Wildman–Crippen LogP) is 1.98. The van der Waals surface area contributed by atoms with E-state index in [0.29, 0.717) is 5.76 Å². The van der Waals surface area contributed by atoms with E-state index in [4.69, 9.17) is 4.52 Å². The topological polar surface area (TPSA) is 51.8 Å². The molecule has 0 aliphatic heterocycles. The van der Waals surface area contributed by atoms with Gasteiger partial charge < -0.3 is 4.52 Å². The Morgan fingerprint density at radius 1 is 1.15 bits per heavy atom. The van der Waals surface area contributed by atoms with Crippen molar-refractivity contribution in [2.24, 2.45) is 0 Å². The maximum Gasteiger partial charge on any atom is 0.205 e. The van der Waals surface area contributed by atoms with E-state index in [-0.39, 0.29) is 24.8 Å². The Bertz CT molecular complexity index is 325. The van der Waals surface area contributed by atoms with E-state index in [0.717, 1.165) is 5.69 Å². The van der Waals surface area contributed by atoms with Crippen LogP contribution in [-0.2, 0) is 0 Å². The number of pyridine rings is 1. The van der Waals surface area contributed by atoms with E-state index in [1.54, 1.807) is 6.20 Å². The zero-order valence-corrected chi connectivity index (χ0v) is 8.09. The first kappa shape index (κ1) is 11.9. The summed E-state index contributed by atoms with van der Waals surface area (Å²) in [6.07, 6.45) is 3.22. The van der Waals surface area contributed by atoms with Crippen molar-refractivity contribution in [2.75, 3.05) is 0 Å². The van der Waals surface area contributed by atoms with Crippen LogP contribution < -0.4 is 0 Å². The highest BCUT2D eigenvalue weighted by Gasteiger charge is 2.00. The normalized spacial score (nSPS) is 8.31. The van der Waals surface area contributed by atoms with E-state index in [1.807, 2.05) is 18.2 Å². The molecular weight excluding hydrogens is 213 g/mol. The van der Waals surface area contributed by atoms with E-state index in [9.17, 15) is 0 Å². The summed E-state index contributed by atoms with van der Waals surface area (Å²) in [6, 6.07) is 5.56. The second kappa shape index (κ2) is 5.50. The minimum absolute atomic E-state index is 0. The zero-order valence-electron chi connectivity index (χ0n) is 6.45. The van der Waals surface area contributed by atoms with E-state index in [1.165, 1.54) is 6.20 Å². The lowest BCUT2D eigenvalue weighted by Gasteiger charge is -1.88. The van der Waals surface area contributed by atoms with Gasteiger partial charge in [-0.2, -0.15) is 0 Å². The lowest BCUT2D eigenvalue weighted by atomic mass is 10.3. The highest BCUT2D eigenvalue weighted by atomic mass is 35.5. The Hall–Kier alpha value is -1.13. The molecule has 2 aromatic rings. The Labute approximate surface area is 87.2 Å². The van der Waals surface area contributed by atoms with E-state index >= 15 is 0 Å². The van der Waals surface area contributed by atoms with Crippen molar-refractivity contribution in [3.05, 3.63) is 30.6 Å². The van der Waals surface area contributed by atoms with E-state index in [2.05, 4.69) is 15.4 Å². The Morgan fingerprint density at radius 2 is 2.00 bits per heavy atom. The van der Waals surface area contributed by atoms with E-state index < -0.39 is 0 Å². The van der Waals surface area contributed by atoms with Gasteiger partial charge in [0.25, 0.3) is 0 Å². The van der Waals surface area contributed by atoms with Gasteiger partial charge in [0, 0.05) is 11.5 Å². The molecule has 0 atom stereocenters. The molecule has 0 radical (unpaired) electrons. The van der Waals surface area contributed by atoms with Crippen molar-refractivity contribution >= 4 is 24.8 Å². The molecule has 0 unspecified atom stereocenters. The molecule has 0 N–H and O–H groups in total. The summed E-state index contributed by atoms with van der Waals surface area (Å²) in [7, 11) is 0. The molecule has 0 spiro atoms. The van der Waals surface area contributed by atoms with Crippen LogP contribution in [0.3, 0.4) is 0 Å². The fourth-order valence-electron chi connectivity index (χ4n) is 0.789. The van der Waals surface area contributed by atoms with Crippen LogP contribution in [0.25, 0.3) is 11.5 Å². The van der Waals surface area contributed by atoms with Crippen LogP contribution in [0.15, 0.2) is 35.1 Å². The molecule has 0 bridgehead atoms. The summed E-state index contributed by atoms with van der Waals surface area (Å²) in [4.78, 5) is 4.05. The highest BCUT2D eigenvalue weighted by molar-refractivity contribution is 5.85. The quantitative estimate of drug-likeness (QED) is 0.737. The standard InChI is InChI=1S/C7H5N3O.2ClH/c1-2-4-8-6(3-1)7-5-9-10-11-7;;/h1-5H;2*1H. The van der Waals surface area contributed by atoms with Crippen molar-refractivity contribution in [1.82, 2.24) is 15.4 Å². The van der Waals surface area contributed by atoms with Crippen LogP contribution in [0.1, 0.15) is 0 Å².